The molecule has 76 valence electrons. The predicted molar refractivity (Wildman–Crippen MR) is 50.3 cm³/mol. The zero-order valence-corrected chi connectivity index (χ0v) is 8.04. The molecular weight excluding hydrogens is 185 g/mol. The maximum Gasteiger partial charge on any atom is 0.217 e. The molecule has 1 atom stereocenters. The van der Waals surface area contributed by atoms with E-state index < -0.39 is 11.9 Å². The van der Waals surface area contributed by atoms with Crippen molar-refractivity contribution in [3.05, 3.63) is 29.6 Å². The van der Waals surface area contributed by atoms with E-state index in [0.29, 0.717) is 5.56 Å². The molecule has 2 N–H and O–H groups in total. The van der Waals surface area contributed by atoms with E-state index in [9.17, 15) is 9.18 Å². The van der Waals surface area contributed by atoms with Crippen molar-refractivity contribution in [3.8, 4) is 5.75 Å². The molecule has 0 aliphatic heterocycles. The van der Waals surface area contributed by atoms with Crippen LogP contribution < -0.4 is 5.32 Å². The number of carbonyl (C=O) groups excluding carboxylic acids is 1. The predicted octanol–water partition coefficient (Wildman–Crippen LogP) is 1.73. The molecule has 1 aromatic carbocycles. The highest BCUT2D eigenvalue weighted by Crippen LogP contribution is 2.20. The van der Waals surface area contributed by atoms with Gasteiger partial charge in [-0.15, -0.1) is 0 Å². The van der Waals surface area contributed by atoms with Crippen molar-refractivity contribution in [2.75, 3.05) is 0 Å². The number of phenols is 1. The van der Waals surface area contributed by atoms with Crippen LogP contribution in [0.15, 0.2) is 18.2 Å². The van der Waals surface area contributed by atoms with Crippen LogP contribution in [-0.2, 0) is 4.79 Å². The first kappa shape index (κ1) is 10.5. The Morgan fingerprint density at radius 2 is 2.21 bits per heavy atom. The Morgan fingerprint density at radius 3 is 2.71 bits per heavy atom. The summed E-state index contributed by atoms with van der Waals surface area (Å²) in [5, 5.41) is 11.5. The molecule has 0 bridgehead atoms. The van der Waals surface area contributed by atoms with Gasteiger partial charge in [-0.1, -0.05) is 6.07 Å². The van der Waals surface area contributed by atoms with E-state index in [2.05, 4.69) is 5.32 Å². The molecule has 0 spiro atoms. The van der Waals surface area contributed by atoms with Crippen molar-refractivity contribution >= 4 is 5.91 Å². The van der Waals surface area contributed by atoms with E-state index in [1.54, 1.807) is 6.92 Å². The van der Waals surface area contributed by atoms with Gasteiger partial charge in [0.05, 0.1) is 6.04 Å². The number of halogens is 1. The maximum absolute atomic E-state index is 13.2. The van der Waals surface area contributed by atoms with Gasteiger partial charge in [0, 0.05) is 18.6 Å². The molecule has 0 unspecified atom stereocenters. The van der Waals surface area contributed by atoms with Gasteiger partial charge in [0.2, 0.25) is 5.91 Å². The van der Waals surface area contributed by atoms with E-state index in [0.717, 1.165) is 6.07 Å². The van der Waals surface area contributed by atoms with E-state index >= 15 is 0 Å². The molecule has 4 heteroatoms. The largest absolute Gasteiger partial charge is 0.508 e. The molecule has 0 heterocycles. The number of amides is 1. The molecule has 0 aromatic heterocycles. The summed E-state index contributed by atoms with van der Waals surface area (Å²) in [4.78, 5) is 10.7. The minimum atomic E-state index is -0.522. The van der Waals surface area contributed by atoms with Crippen molar-refractivity contribution < 1.29 is 14.3 Å². The molecule has 0 radical (unpaired) electrons. The van der Waals surface area contributed by atoms with Crippen LogP contribution in [0, 0.1) is 5.82 Å². The zero-order chi connectivity index (χ0) is 10.7. The number of rotatable bonds is 2. The van der Waals surface area contributed by atoms with Crippen molar-refractivity contribution in [2.45, 2.75) is 19.9 Å². The van der Waals surface area contributed by atoms with Crippen LogP contribution in [0.3, 0.4) is 0 Å². The number of benzene rings is 1. The number of aromatic hydroxyl groups is 1. The first-order chi connectivity index (χ1) is 6.50. The van der Waals surface area contributed by atoms with Crippen molar-refractivity contribution in [1.82, 2.24) is 5.32 Å². The van der Waals surface area contributed by atoms with Gasteiger partial charge in [0.15, 0.2) is 0 Å². The molecule has 14 heavy (non-hydrogen) atoms. The van der Waals surface area contributed by atoms with Crippen LogP contribution in [-0.4, -0.2) is 11.0 Å². The second-order valence-electron chi connectivity index (χ2n) is 3.13. The van der Waals surface area contributed by atoms with Gasteiger partial charge in [-0.3, -0.25) is 4.79 Å². The lowest BCUT2D eigenvalue weighted by Gasteiger charge is -2.13. The second-order valence-corrected chi connectivity index (χ2v) is 3.13. The maximum atomic E-state index is 13.2. The Kier molecular flexibility index (Phi) is 3.06. The summed E-state index contributed by atoms with van der Waals surface area (Å²) in [5.41, 5.74) is 0.359. The highest BCUT2D eigenvalue weighted by molar-refractivity contribution is 5.73. The van der Waals surface area contributed by atoms with Gasteiger partial charge < -0.3 is 10.4 Å². The van der Waals surface area contributed by atoms with Crippen LogP contribution >= 0.6 is 0 Å². The summed E-state index contributed by atoms with van der Waals surface area (Å²) in [6.07, 6.45) is 0. The molecule has 0 fully saturated rings. The monoisotopic (exact) mass is 197 g/mol. The molecular formula is C10H12FNO2. The smallest absolute Gasteiger partial charge is 0.217 e. The van der Waals surface area contributed by atoms with Gasteiger partial charge >= 0.3 is 0 Å². The van der Waals surface area contributed by atoms with E-state index in [4.69, 9.17) is 5.11 Å². The molecule has 0 aliphatic rings. The van der Waals surface area contributed by atoms with Gasteiger partial charge in [-0.05, 0) is 13.0 Å². The van der Waals surface area contributed by atoms with Gasteiger partial charge in [0.1, 0.15) is 11.6 Å². The van der Waals surface area contributed by atoms with Crippen molar-refractivity contribution in [3.63, 3.8) is 0 Å². The number of phenolic OH excluding ortho intramolecular Hbond substituents is 1. The Labute approximate surface area is 81.6 Å². The van der Waals surface area contributed by atoms with Crippen molar-refractivity contribution in [2.24, 2.45) is 0 Å². The summed E-state index contributed by atoms with van der Waals surface area (Å²) in [5.74, 6) is -0.863. The molecule has 1 amide bonds. The highest BCUT2D eigenvalue weighted by Gasteiger charge is 2.11. The topological polar surface area (TPSA) is 49.3 Å². The SMILES string of the molecule is CC(=O)N[C@@H](C)c1ccc(O)cc1F. The minimum Gasteiger partial charge on any atom is -0.508 e. The Bertz CT molecular complexity index is 352. The van der Waals surface area contributed by atoms with E-state index in [1.165, 1.54) is 19.1 Å². The molecule has 0 saturated carbocycles. The Balaban J connectivity index is 2.90. The van der Waals surface area contributed by atoms with Crippen LogP contribution in [0.1, 0.15) is 25.5 Å². The Hall–Kier alpha value is -1.58. The molecule has 1 rings (SSSR count). The van der Waals surface area contributed by atoms with Crippen LogP contribution in [0.25, 0.3) is 0 Å². The lowest BCUT2D eigenvalue weighted by atomic mass is 10.1. The minimum absolute atomic E-state index is 0.124. The number of hydrogen-bond donors (Lipinski definition) is 2. The van der Waals surface area contributed by atoms with Gasteiger partial charge in [-0.25, -0.2) is 4.39 Å². The zero-order valence-electron chi connectivity index (χ0n) is 8.04. The van der Waals surface area contributed by atoms with Gasteiger partial charge in [-0.2, -0.15) is 0 Å². The molecule has 0 saturated heterocycles. The molecule has 0 aliphatic carbocycles. The van der Waals surface area contributed by atoms with Crippen LogP contribution in [0.5, 0.6) is 5.75 Å². The first-order valence-corrected chi connectivity index (χ1v) is 4.26. The van der Waals surface area contributed by atoms with Crippen LogP contribution in [0.4, 0.5) is 4.39 Å². The standard InChI is InChI=1S/C10H12FNO2/c1-6(12-7(2)13)9-4-3-8(14)5-10(9)11/h3-6,14H,1-2H3,(H,12,13)/t6-/m0/s1. The molecule has 1 aromatic rings. The Morgan fingerprint density at radius 1 is 1.57 bits per heavy atom. The second kappa shape index (κ2) is 4.09. The summed E-state index contributed by atoms with van der Waals surface area (Å²) in [6, 6.07) is 3.46. The van der Waals surface area contributed by atoms with E-state index in [-0.39, 0.29) is 11.7 Å². The fourth-order valence-electron chi connectivity index (χ4n) is 1.25. The summed E-state index contributed by atoms with van der Waals surface area (Å²) in [6.45, 7) is 3.05. The normalized spacial score (nSPS) is 12.2. The van der Waals surface area contributed by atoms with E-state index in [1.807, 2.05) is 0 Å². The molecule has 3 nitrogen and oxygen atoms in total. The summed E-state index contributed by atoms with van der Waals surface area (Å²) >= 11 is 0. The number of carbonyl (C=O) groups is 1. The fraction of sp³-hybridized carbons (Fsp3) is 0.300. The lowest BCUT2D eigenvalue weighted by molar-refractivity contribution is -0.119. The first-order valence-electron chi connectivity index (χ1n) is 4.26. The fourth-order valence-corrected chi connectivity index (χ4v) is 1.25. The average Bonchev–Trinajstić information content (AvgIpc) is 2.01. The lowest BCUT2D eigenvalue weighted by Crippen LogP contribution is -2.24. The quantitative estimate of drug-likeness (QED) is 0.758. The average molecular weight is 197 g/mol. The summed E-state index contributed by atoms with van der Waals surface area (Å²) in [7, 11) is 0. The van der Waals surface area contributed by atoms with Gasteiger partial charge in [0.25, 0.3) is 0 Å². The number of nitrogens with one attached hydrogen (secondary N) is 1. The highest BCUT2D eigenvalue weighted by atomic mass is 19.1. The van der Waals surface area contributed by atoms with Crippen molar-refractivity contribution in [1.29, 1.82) is 0 Å². The van der Waals surface area contributed by atoms with Crippen LogP contribution in [0.2, 0.25) is 0 Å². The third-order valence-electron chi connectivity index (χ3n) is 1.87. The summed E-state index contributed by atoms with van der Waals surface area (Å²) < 4.78 is 13.2. The third-order valence-corrected chi connectivity index (χ3v) is 1.87. The third kappa shape index (κ3) is 2.45. The number of hydrogen-bond acceptors (Lipinski definition) is 2.